The largest absolute Gasteiger partial charge is 0.0917 e. The maximum atomic E-state index is 7.15. The lowest BCUT2D eigenvalue weighted by Gasteiger charge is -1.76. The van der Waals surface area contributed by atoms with Crippen molar-refractivity contribution in [1.82, 2.24) is 0 Å². The molecule has 0 bridgehead atoms. The first kappa shape index (κ1) is 2.84. The Bertz CT molecular complexity index is 76.6. The fourth-order valence-electron chi connectivity index (χ4n) is 0.222. The minimum Gasteiger partial charge on any atom is -0.0917 e. The predicted octanol–water partition coefficient (Wildman–Crippen LogP) is 2.36. The summed E-state index contributed by atoms with van der Waals surface area (Å²) in [6, 6.07) is 0. The van der Waals surface area contributed by atoms with Crippen molar-refractivity contribution in [2.45, 2.75) is 26.6 Å². The van der Waals surface area contributed by atoms with Crippen LogP contribution in [0.15, 0.2) is 12.2 Å². The molecular formula is C6H12. The summed E-state index contributed by atoms with van der Waals surface area (Å²) in [4.78, 5) is 0. The van der Waals surface area contributed by atoms with Gasteiger partial charge in [-0.3, -0.25) is 0 Å². The Labute approximate surface area is 42.7 Å². The molecule has 0 aromatic rings. The van der Waals surface area contributed by atoms with E-state index in [2.05, 4.69) is 0 Å². The van der Waals surface area contributed by atoms with Gasteiger partial charge >= 0.3 is 0 Å². The summed E-state index contributed by atoms with van der Waals surface area (Å²) < 4.78 is 14.2. The van der Waals surface area contributed by atoms with E-state index >= 15 is 0 Å². The summed E-state index contributed by atoms with van der Waals surface area (Å²) in [6.07, 6.45) is 2.88. The van der Waals surface area contributed by atoms with Gasteiger partial charge in [0.05, 0.1) is 0 Å². The lowest BCUT2D eigenvalue weighted by Crippen LogP contribution is -1.55. The number of hydrogen-bond donors (Lipinski definition) is 0. The highest BCUT2D eigenvalue weighted by Crippen LogP contribution is 1.85. The zero-order chi connectivity index (χ0) is 6.57. The lowest BCUT2D eigenvalue weighted by atomic mass is 10.3. The molecule has 2 atom stereocenters. The Hall–Kier alpha value is -0.260. The second-order valence-corrected chi connectivity index (χ2v) is 1.05. The minimum atomic E-state index is -0.347. The van der Waals surface area contributed by atoms with Crippen LogP contribution >= 0.6 is 0 Å². The Balaban J connectivity index is 3.47. The Morgan fingerprint density at radius 3 is 2.67 bits per heavy atom. The summed E-state index contributed by atoms with van der Waals surface area (Å²) in [5.74, 6) is 0. The topological polar surface area (TPSA) is 0 Å². The van der Waals surface area contributed by atoms with E-state index in [1.807, 2.05) is 13.0 Å². The molecular weight excluding hydrogens is 72.1 g/mol. The van der Waals surface area contributed by atoms with E-state index < -0.39 is 0 Å². The molecule has 0 rings (SSSR count). The minimum absolute atomic E-state index is 0.300. The Kier molecular flexibility index (Phi) is 2.24. The first-order chi connectivity index (χ1) is 3.68. The molecule has 0 N–H and O–H groups in total. The smallest absolute Gasteiger partial charge is 0.0310 e. The average Bonchev–Trinajstić information content (AvgIpc) is 1.67. The lowest BCUT2D eigenvalue weighted by molar-refractivity contribution is 0.957. The molecule has 0 aromatic heterocycles. The van der Waals surface area contributed by atoms with Gasteiger partial charge < -0.3 is 0 Å². The molecule has 0 saturated carbocycles. The van der Waals surface area contributed by atoms with Gasteiger partial charge in [0.25, 0.3) is 0 Å². The zero-order valence-corrected chi connectivity index (χ0v) is 4.31. The van der Waals surface area contributed by atoms with E-state index in [4.69, 9.17) is 2.74 Å². The zero-order valence-electron chi connectivity index (χ0n) is 6.31. The number of hydrogen-bond acceptors (Lipinski definition) is 0. The van der Waals surface area contributed by atoms with E-state index in [1.54, 1.807) is 13.0 Å². The van der Waals surface area contributed by atoms with Crippen molar-refractivity contribution in [3.63, 3.8) is 0 Å². The summed E-state index contributed by atoms with van der Waals surface area (Å²) >= 11 is 0. The standard InChI is InChI=1S/C6H12/c1-3-5-6-4-2/h3,5H,4,6H2,1-2H3/i4D,6D. The first-order valence-electron chi connectivity index (χ1n) is 3.31. The predicted molar refractivity (Wildman–Crippen MR) is 29.7 cm³/mol. The van der Waals surface area contributed by atoms with E-state index in [-0.39, 0.29) is 12.8 Å². The van der Waals surface area contributed by atoms with Gasteiger partial charge in [0.1, 0.15) is 0 Å². The maximum absolute atomic E-state index is 7.15. The third-order valence-electron chi connectivity index (χ3n) is 0.496. The Morgan fingerprint density at radius 1 is 1.83 bits per heavy atom. The van der Waals surface area contributed by atoms with Crippen molar-refractivity contribution in [3.8, 4) is 0 Å². The van der Waals surface area contributed by atoms with Crippen molar-refractivity contribution in [2.24, 2.45) is 0 Å². The van der Waals surface area contributed by atoms with E-state index in [1.165, 1.54) is 0 Å². The molecule has 0 spiro atoms. The van der Waals surface area contributed by atoms with Crippen molar-refractivity contribution >= 4 is 0 Å². The van der Waals surface area contributed by atoms with Gasteiger partial charge in [-0.15, -0.1) is 0 Å². The highest BCUT2D eigenvalue weighted by Gasteiger charge is 1.64. The third kappa shape index (κ3) is 3.74. The quantitative estimate of drug-likeness (QED) is 0.452. The van der Waals surface area contributed by atoms with Gasteiger partial charge in [0.15, 0.2) is 0 Å². The second kappa shape index (κ2) is 4.74. The average molecular weight is 86.2 g/mol. The molecule has 2 unspecified atom stereocenters. The fraction of sp³-hybridized carbons (Fsp3) is 0.667. The van der Waals surface area contributed by atoms with Crippen molar-refractivity contribution in [3.05, 3.63) is 12.2 Å². The molecule has 36 valence electrons. The molecule has 0 aliphatic carbocycles. The molecule has 0 radical (unpaired) electrons. The number of allylic oxidation sites excluding steroid dienone is 2. The molecule has 0 saturated heterocycles. The van der Waals surface area contributed by atoms with Crippen LogP contribution in [0.3, 0.4) is 0 Å². The van der Waals surface area contributed by atoms with Gasteiger partial charge in [-0.05, 0) is 13.3 Å². The fourth-order valence-corrected chi connectivity index (χ4v) is 0.222. The van der Waals surface area contributed by atoms with Crippen LogP contribution in [0.4, 0.5) is 0 Å². The first-order valence-corrected chi connectivity index (χ1v) is 2.15. The molecule has 0 fully saturated rings. The normalized spacial score (nSPS) is 25.7. The van der Waals surface area contributed by atoms with Crippen molar-refractivity contribution in [1.29, 1.82) is 0 Å². The van der Waals surface area contributed by atoms with Crippen LogP contribution < -0.4 is 0 Å². The van der Waals surface area contributed by atoms with Gasteiger partial charge in [0.2, 0.25) is 0 Å². The maximum Gasteiger partial charge on any atom is 0.0310 e. The van der Waals surface area contributed by atoms with Crippen LogP contribution in [0.5, 0.6) is 0 Å². The Morgan fingerprint density at radius 2 is 2.50 bits per heavy atom. The summed E-state index contributed by atoms with van der Waals surface area (Å²) in [5.41, 5.74) is 0. The highest BCUT2D eigenvalue weighted by molar-refractivity contribution is 4.75. The molecule has 0 aromatic carbocycles. The van der Waals surface area contributed by atoms with Crippen LogP contribution in [-0.2, 0) is 0 Å². The van der Waals surface area contributed by atoms with Crippen LogP contribution in [0.1, 0.15) is 29.4 Å². The molecule has 6 heavy (non-hydrogen) atoms. The number of rotatable bonds is 2. The van der Waals surface area contributed by atoms with Gasteiger partial charge in [0, 0.05) is 2.74 Å². The van der Waals surface area contributed by atoms with Crippen LogP contribution in [0, 0.1) is 0 Å². The van der Waals surface area contributed by atoms with Gasteiger partial charge in [-0.2, -0.15) is 0 Å². The van der Waals surface area contributed by atoms with E-state index in [9.17, 15) is 0 Å². The molecule has 0 heteroatoms. The summed E-state index contributed by atoms with van der Waals surface area (Å²) in [6.45, 7) is 3.58. The SMILES string of the molecule is [2H]C(C)C([2H])C=CC. The van der Waals surface area contributed by atoms with Crippen LogP contribution in [0.2, 0.25) is 0 Å². The summed E-state index contributed by atoms with van der Waals surface area (Å²) in [7, 11) is 0. The van der Waals surface area contributed by atoms with E-state index in [0.717, 1.165) is 0 Å². The van der Waals surface area contributed by atoms with Crippen molar-refractivity contribution in [2.75, 3.05) is 0 Å². The van der Waals surface area contributed by atoms with Crippen LogP contribution in [0.25, 0.3) is 0 Å². The highest BCUT2D eigenvalue weighted by atomic mass is 13.7. The van der Waals surface area contributed by atoms with Crippen molar-refractivity contribution < 1.29 is 2.74 Å². The second-order valence-electron chi connectivity index (χ2n) is 1.05. The molecule has 0 amide bonds. The van der Waals surface area contributed by atoms with Gasteiger partial charge in [-0.25, -0.2) is 0 Å². The van der Waals surface area contributed by atoms with Crippen LogP contribution in [-0.4, -0.2) is 0 Å². The molecule has 0 aliphatic rings. The molecule has 0 aliphatic heterocycles. The monoisotopic (exact) mass is 86.1 g/mol. The van der Waals surface area contributed by atoms with E-state index in [0.29, 0.717) is 0 Å². The van der Waals surface area contributed by atoms with Gasteiger partial charge in [-0.1, -0.05) is 25.5 Å². The molecule has 0 nitrogen and oxygen atoms in total. The molecule has 0 heterocycles. The third-order valence-corrected chi connectivity index (χ3v) is 0.496. The summed E-state index contributed by atoms with van der Waals surface area (Å²) in [5, 5.41) is 0.